The van der Waals surface area contributed by atoms with E-state index in [2.05, 4.69) is 71.8 Å². The molecule has 0 aromatic heterocycles. The van der Waals surface area contributed by atoms with Crippen LogP contribution in [0.4, 0.5) is 17.1 Å². The van der Waals surface area contributed by atoms with Gasteiger partial charge in [-0.15, -0.1) is 0 Å². The van der Waals surface area contributed by atoms with E-state index >= 15 is 0 Å². The molecule has 6 heteroatoms. The molecule has 1 heterocycles. The van der Waals surface area contributed by atoms with Crippen molar-refractivity contribution in [3.05, 3.63) is 141 Å². The molecule has 39 heavy (non-hydrogen) atoms. The van der Waals surface area contributed by atoms with Crippen molar-refractivity contribution in [3.8, 4) is 5.75 Å². The largest absolute Gasteiger partial charge is 0.489 e. The van der Waals surface area contributed by atoms with Crippen LogP contribution < -0.4 is 10.1 Å². The Morgan fingerprint density at radius 3 is 2.51 bits per heavy atom. The number of nitrogens with one attached hydrogen (secondary N) is 1. The van der Waals surface area contributed by atoms with Crippen LogP contribution >= 0.6 is 0 Å². The highest BCUT2D eigenvalue weighted by atomic mass is 16.6. The second kappa shape index (κ2) is 10.6. The maximum atomic E-state index is 10.8. The monoisotopic (exact) mass is 515 g/mol. The van der Waals surface area contributed by atoms with Gasteiger partial charge < -0.3 is 10.1 Å². The van der Waals surface area contributed by atoms with Crippen LogP contribution in [0.25, 0.3) is 0 Å². The van der Waals surface area contributed by atoms with E-state index in [0.29, 0.717) is 18.4 Å². The molecule has 2 aliphatic rings. The minimum Gasteiger partial charge on any atom is -0.489 e. The number of benzene rings is 4. The van der Waals surface area contributed by atoms with Crippen LogP contribution in [0.3, 0.4) is 0 Å². The molecule has 0 spiro atoms. The second-order valence-electron chi connectivity index (χ2n) is 10.2. The smallest absolute Gasteiger partial charge is 0.269 e. The molecule has 4 aromatic carbocycles. The van der Waals surface area contributed by atoms with Crippen LogP contribution in [-0.4, -0.2) is 11.1 Å². The van der Waals surface area contributed by atoms with Crippen molar-refractivity contribution in [1.29, 1.82) is 0 Å². The second-order valence-corrected chi connectivity index (χ2v) is 10.2. The van der Waals surface area contributed by atoms with Gasteiger partial charge in [0, 0.05) is 30.0 Å². The van der Waals surface area contributed by atoms with E-state index in [-0.39, 0.29) is 11.7 Å². The highest BCUT2D eigenvalue weighted by Crippen LogP contribution is 2.50. The van der Waals surface area contributed by atoms with Gasteiger partial charge in [0.1, 0.15) is 12.4 Å². The number of anilines is 1. The Kier molecular flexibility index (Phi) is 6.68. The summed E-state index contributed by atoms with van der Waals surface area (Å²) in [5.74, 6) is 1.71. The van der Waals surface area contributed by atoms with Crippen LogP contribution in [0.15, 0.2) is 108 Å². The van der Waals surface area contributed by atoms with E-state index in [4.69, 9.17) is 4.74 Å². The fourth-order valence-electron chi connectivity index (χ4n) is 5.49. The Morgan fingerprint density at radius 2 is 1.77 bits per heavy atom. The fourth-order valence-corrected chi connectivity index (χ4v) is 5.49. The predicted molar refractivity (Wildman–Crippen MR) is 155 cm³/mol. The van der Waals surface area contributed by atoms with Crippen molar-refractivity contribution in [2.75, 3.05) is 5.32 Å². The Bertz CT molecular complexity index is 1540. The lowest BCUT2D eigenvalue weighted by Gasteiger charge is -2.37. The molecule has 0 amide bonds. The van der Waals surface area contributed by atoms with Crippen LogP contribution in [0, 0.1) is 23.0 Å². The molecule has 0 fully saturated rings. The molecule has 1 aliphatic carbocycles. The van der Waals surface area contributed by atoms with Gasteiger partial charge in [0.15, 0.2) is 0 Å². The molecular formula is C33H29N3O3. The number of nitro benzene ring substituents is 1. The van der Waals surface area contributed by atoms with E-state index in [1.807, 2.05) is 30.5 Å². The van der Waals surface area contributed by atoms with E-state index in [1.54, 1.807) is 12.1 Å². The summed E-state index contributed by atoms with van der Waals surface area (Å²) in [5, 5.41) is 14.6. The molecule has 0 saturated carbocycles. The van der Waals surface area contributed by atoms with E-state index in [1.165, 1.54) is 34.5 Å². The number of hydrogen-bond acceptors (Lipinski definition) is 5. The van der Waals surface area contributed by atoms with Gasteiger partial charge in [0.05, 0.1) is 16.7 Å². The molecule has 0 saturated heterocycles. The van der Waals surface area contributed by atoms with E-state index in [9.17, 15) is 10.1 Å². The summed E-state index contributed by atoms with van der Waals surface area (Å²) >= 11 is 0. The van der Waals surface area contributed by atoms with Gasteiger partial charge in [-0.05, 0) is 96.1 Å². The van der Waals surface area contributed by atoms with Crippen LogP contribution in [-0.2, 0) is 6.61 Å². The number of hydrogen-bond donors (Lipinski definition) is 1. The zero-order valence-electron chi connectivity index (χ0n) is 21.7. The number of fused-ring (bicyclic) bond motifs is 3. The highest BCUT2D eigenvalue weighted by Gasteiger charge is 2.37. The quantitative estimate of drug-likeness (QED) is 0.117. The number of ether oxygens (including phenoxy) is 1. The maximum absolute atomic E-state index is 10.8. The normalized spacial score (nSPS) is 19.4. The molecule has 0 bridgehead atoms. The topological polar surface area (TPSA) is 76.8 Å². The van der Waals surface area contributed by atoms with Gasteiger partial charge in [-0.1, -0.05) is 42.0 Å². The van der Waals surface area contributed by atoms with Gasteiger partial charge in [-0.25, -0.2) is 0 Å². The Labute approximate surface area is 227 Å². The number of aryl methyl sites for hydroxylation is 1. The van der Waals surface area contributed by atoms with E-state index < -0.39 is 4.92 Å². The van der Waals surface area contributed by atoms with Crippen molar-refractivity contribution in [3.63, 3.8) is 0 Å². The third-order valence-corrected chi connectivity index (χ3v) is 7.57. The molecule has 0 unspecified atom stereocenters. The lowest BCUT2D eigenvalue weighted by Crippen LogP contribution is -2.29. The first-order valence-corrected chi connectivity index (χ1v) is 13.2. The maximum Gasteiger partial charge on any atom is 0.269 e. The number of aliphatic imine (C=N–C) groups is 1. The van der Waals surface area contributed by atoms with Crippen molar-refractivity contribution in [1.82, 2.24) is 0 Å². The lowest BCUT2D eigenvalue weighted by molar-refractivity contribution is -0.384. The van der Waals surface area contributed by atoms with Gasteiger partial charge in [0.25, 0.3) is 5.69 Å². The summed E-state index contributed by atoms with van der Waals surface area (Å²) < 4.78 is 5.81. The molecule has 3 atom stereocenters. The van der Waals surface area contributed by atoms with Crippen molar-refractivity contribution < 1.29 is 9.66 Å². The summed E-state index contributed by atoms with van der Waals surface area (Å²) in [6, 6.07) is 29.6. The number of nitrogens with zero attached hydrogens (tertiary/aromatic N) is 2. The zero-order valence-corrected chi connectivity index (χ0v) is 21.7. The molecule has 6 rings (SSSR count). The first-order valence-electron chi connectivity index (χ1n) is 13.2. The molecule has 1 N–H and O–H groups in total. The first kappa shape index (κ1) is 24.6. The average Bonchev–Trinajstić information content (AvgIpc) is 3.46. The summed E-state index contributed by atoms with van der Waals surface area (Å²) in [5.41, 5.74) is 8.07. The molecule has 1 aliphatic heterocycles. The predicted octanol–water partition coefficient (Wildman–Crippen LogP) is 8.06. The SMILES string of the molecule is Cc1ccc2c(c1)[C@@H]1C=CC[C@H]1[C@@H](c1ccc(N=Cc3ccc(OCc4ccc([N+](=O)[O-])cc4)cc3)cc1)N2. The van der Waals surface area contributed by atoms with Gasteiger partial charge in [0.2, 0.25) is 0 Å². The first-order chi connectivity index (χ1) is 19.0. The van der Waals surface area contributed by atoms with Crippen LogP contribution in [0.2, 0.25) is 0 Å². The standard InChI is InChI=1S/C33H29N3O3/c1-22-5-18-32-31(19-22)29-3-2-4-30(29)33(35-32)25-10-12-26(13-11-25)34-20-23-8-16-28(17-9-23)39-21-24-6-14-27(15-7-24)36(37)38/h2-3,5-20,29-30,33,35H,4,21H2,1H3/t29-,30-,33-/m1/s1. The van der Waals surface area contributed by atoms with Crippen molar-refractivity contribution in [2.45, 2.75) is 31.9 Å². The average molecular weight is 516 g/mol. The Morgan fingerprint density at radius 1 is 1.00 bits per heavy atom. The number of non-ortho nitro benzene ring substituents is 1. The molecule has 0 radical (unpaired) electrons. The van der Waals surface area contributed by atoms with Crippen LogP contribution in [0.1, 0.15) is 46.2 Å². The summed E-state index contributed by atoms with van der Waals surface area (Å²) in [4.78, 5) is 15.0. The van der Waals surface area contributed by atoms with Crippen molar-refractivity contribution >= 4 is 23.3 Å². The molecular weight excluding hydrogens is 486 g/mol. The Balaban J connectivity index is 1.08. The third-order valence-electron chi connectivity index (χ3n) is 7.57. The number of rotatable bonds is 7. The molecule has 6 nitrogen and oxygen atoms in total. The van der Waals surface area contributed by atoms with Gasteiger partial charge in [-0.3, -0.25) is 15.1 Å². The minimum absolute atomic E-state index is 0.0725. The molecule has 194 valence electrons. The van der Waals surface area contributed by atoms with E-state index in [0.717, 1.165) is 29.0 Å². The van der Waals surface area contributed by atoms with Gasteiger partial charge >= 0.3 is 0 Å². The van der Waals surface area contributed by atoms with Gasteiger partial charge in [-0.2, -0.15) is 0 Å². The minimum atomic E-state index is -0.408. The van der Waals surface area contributed by atoms with Crippen molar-refractivity contribution in [2.24, 2.45) is 10.9 Å². The summed E-state index contributed by atoms with van der Waals surface area (Å²) in [7, 11) is 0. The number of allylic oxidation sites excluding steroid dienone is 2. The Hall–Kier alpha value is -4.71. The molecule has 4 aromatic rings. The lowest BCUT2D eigenvalue weighted by atomic mass is 9.76. The summed E-state index contributed by atoms with van der Waals surface area (Å²) in [6.07, 6.45) is 7.64. The third kappa shape index (κ3) is 5.32. The number of nitro groups is 1. The highest BCUT2D eigenvalue weighted by molar-refractivity contribution is 5.82. The summed E-state index contributed by atoms with van der Waals surface area (Å²) in [6.45, 7) is 2.50. The fraction of sp³-hybridized carbons (Fsp3) is 0.182. The van der Waals surface area contributed by atoms with Crippen LogP contribution in [0.5, 0.6) is 5.75 Å². The zero-order chi connectivity index (χ0) is 26.8.